The van der Waals surface area contributed by atoms with Crippen molar-refractivity contribution in [3.8, 4) is 5.75 Å². The van der Waals surface area contributed by atoms with Crippen LogP contribution in [-0.4, -0.2) is 36.4 Å². The minimum Gasteiger partial charge on any atom is -0.495 e. The molecule has 0 saturated carbocycles. The molecule has 1 aliphatic heterocycles. The molecule has 0 radical (unpaired) electrons. The van der Waals surface area contributed by atoms with Gasteiger partial charge in [0.2, 0.25) is 10.0 Å². The summed E-state index contributed by atoms with van der Waals surface area (Å²) in [6.07, 6.45) is 7.04. The van der Waals surface area contributed by atoms with Crippen LogP contribution in [-0.2, 0) is 10.0 Å². The second kappa shape index (κ2) is 9.03. The fraction of sp³-hybridized carbons (Fsp3) is 0.304. The summed E-state index contributed by atoms with van der Waals surface area (Å²) in [6.45, 7) is 4.25. The van der Waals surface area contributed by atoms with Gasteiger partial charge in [-0.25, -0.2) is 8.42 Å². The zero-order valence-corrected chi connectivity index (χ0v) is 20.5. The molecule has 3 aromatic rings. The smallest absolute Gasteiger partial charge is 0.229 e. The number of methoxy groups -OCH3 is 1. The normalized spacial score (nSPS) is 18.5. The van der Waals surface area contributed by atoms with Gasteiger partial charge < -0.3 is 19.5 Å². The Labute approximate surface area is 199 Å². The van der Waals surface area contributed by atoms with Crippen LogP contribution in [0, 0.1) is 0 Å². The lowest BCUT2D eigenvalue weighted by molar-refractivity contribution is 0.417. The van der Waals surface area contributed by atoms with Gasteiger partial charge in [-0.05, 0) is 68.0 Å². The molecule has 3 heterocycles. The van der Waals surface area contributed by atoms with E-state index in [1.54, 1.807) is 18.3 Å². The highest BCUT2D eigenvalue weighted by Gasteiger charge is 2.41. The van der Waals surface area contributed by atoms with Gasteiger partial charge in [0.05, 0.1) is 36.8 Å². The van der Waals surface area contributed by atoms with Crippen LogP contribution in [0.1, 0.15) is 43.2 Å². The summed E-state index contributed by atoms with van der Waals surface area (Å²) in [5, 5.41) is 3.95. The first-order valence-corrected chi connectivity index (χ1v) is 12.8. The van der Waals surface area contributed by atoms with Crippen LogP contribution in [0.5, 0.6) is 5.75 Å². The number of ether oxygens (including phenoxy) is 1. The molecule has 0 aliphatic carbocycles. The van der Waals surface area contributed by atoms with Crippen LogP contribution in [0.3, 0.4) is 0 Å². The molecule has 1 saturated heterocycles. The highest BCUT2D eigenvalue weighted by atomic mass is 32.2. The number of hydrogen-bond acceptors (Lipinski definition) is 5. The number of benzene rings is 1. The molecule has 2 atom stereocenters. The Morgan fingerprint density at radius 3 is 2.61 bits per heavy atom. The van der Waals surface area contributed by atoms with Crippen molar-refractivity contribution in [2.24, 2.45) is 0 Å². The van der Waals surface area contributed by atoms with E-state index in [0.29, 0.717) is 22.6 Å². The third-order valence-electron chi connectivity index (χ3n) is 5.53. The summed E-state index contributed by atoms with van der Waals surface area (Å²) < 4.78 is 33.9. The maximum atomic E-state index is 11.9. The molecule has 2 aromatic heterocycles. The van der Waals surface area contributed by atoms with E-state index < -0.39 is 10.0 Å². The van der Waals surface area contributed by atoms with E-state index in [1.807, 2.05) is 29.2 Å². The van der Waals surface area contributed by atoms with Gasteiger partial charge in [0.15, 0.2) is 5.11 Å². The average molecular weight is 486 g/mol. The van der Waals surface area contributed by atoms with E-state index >= 15 is 0 Å². The van der Waals surface area contributed by atoms with Crippen molar-refractivity contribution < 1.29 is 13.2 Å². The van der Waals surface area contributed by atoms with Gasteiger partial charge in [-0.2, -0.15) is 0 Å². The van der Waals surface area contributed by atoms with Crippen molar-refractivity contribution in [3.63, 3.8) is 0 Å². The largest absolute Gasteiger partial charge is 0.495 e. The molecule has 8 nitrogen and oxygen atoms in total. The van der Waals surface area contributed by atoms with Crippen LogP contribution >= 0.6 is 12.2 Å². The number of nitrogens with zero attached hydrogens (tertiary/aromatic N) is 3. The van der Waals surface area contributed by atoms with E-state index in [-0.39, 0.29) is 12.1 Å². The van der Waals surface area contributed by atoms with Crippen molar-refractivity contribution >= 4 is 38.7 Å². The summed E-state index contributed by atoms with van der Waals surface area (Å²) in [5.41, 5.74) is 3.02. The predicted molar refractivity (Wildman–Crippen MR) is 134 cm³/mol. The molecule has 1 fully saturated rings. The molecule has 33 heavy (non-hydrogen) atoms. The number of anilines is 2. The molecular weight excluding hydrogens is 458 g/mol. The highest BCUT2D eigenvalue weighted by molar-refractivity contribution is 7.92. The maximum Gasteiger partial charge on any atom is 0.229 e. The summed E-state index contributed by atoms with van der Waals surface area (Å²) in [6, 6.07) is 13.2. The molecule has 0 amide bonds. The molecule has 2 N–H and O–H groups in total. The first-order chi connectivity index (χ1) is 15.7. The molecule has 1 aliphatic rings. The van der Waals surface area contributed by atoms with Crippen molar-refractivity contribution in [1.82, 2.24) is 14.9 Å². The topological polar surface area (TPSA) is 88.5 Å². The summed E-state index contributed by atoms with van der Waals surface area (Å²) in [5.74, 6) is 0.422. The Morgan fingerprint density at radius 1 is 1.21 bits per heavy atom. The van der Waals surface area contributed by atoms with E-state index in [4.69, 9.17) is 17.0 Å². The highest BCUT2D eigenvalue weighted by Crippen LogP contribution is 2.43. The van der Waals surface area contributed by atoms with Gasteiger partial charge in [-0.3, -0.25) is 9.71 Å². The standard InChI is InChI=1S/C23H27N5O3S2/c1-15(2)27-12-10-16(14-27)22-21(18-7-5-6-11-24-18)25-23(32)28(22)17-8-9-20(31-3)19(13-17)26-33(4,29)30/h5-15,21-22,26H,1-4H3,(H,25,32)/t21-,22-/m1/s1. The molecule has 0 spiro atoms. The van der Waals surface area contributed by atoms with E-state index in [9.17, 15) is 8.42 Å². The zero-order chi connectivity index (χ0) is 23.8. The lowest BCUT2D eigenvalue weighted by Gasteiger charge is -2.28. The van der Waals surface area contributed by atoms with Gasteiger partial charge >= 0.3 is 0 Å². The fourth-order valence-corrected chi connectivity index (χ4v) is 4.93. The van der Waals surface area contributed by atoms with E-state index in [0.717, 1.165) is 23.2 Å². The molecule has 174 valence electrons. The molecular formula is C23H27N5O3S2. The quantitative estimate of drug-likeness (QED) is 0.489. The lowest BCUT2D eigenvalue weighted by atomic mass is 9.98. The maximum absolute atomic E-state index is 11.9. The number of sulfonamides is 1. The van der Waals surface area contributed by atoms with Gasteiger partial charge in [0.25, 0.3) is 0 Å². The predicted octanol–water partition coefficient (Wildman–Crippen LogP) is 4.02. The summed E-state index contributed by atoms with van der Waals surface area (Å²) in [7, 11) is -2.00. The Balaban J connectivity index is 1.83. The number of hydrogen-bond donors (Lipinski definition) is 2. The van der Waals surface area contributed by atoms with Gasteiger partial charge in [-0.15, -0.1) is 0 Å². The lowest BCUT2D eigenvalue weighted by Crippen LogP contribution is -2.29. The molecule has 0 bridgehead atoms. The number of aromatic nitrogens is 2. The zero-order valence-electron chi connectivity index (χ0n) is 18.9. The molecule has 4 rings (SSSR count). The third-order valence-corrected chi connectivity index (χ3v) is 6.44. The SMILES string of the molecule is COc1ccc(N2C(=S)N[C@H](c3ccccn3)[C@H]2c2ccn(C(C)C)c2)cc1NS(C)(=O)=O. The molecule has 1 aromatic carbocycles. The molecule has 0 unspecified atom stereocenters. The van der Waals surface area contributed by atoms with Crippen molar-refractivity contribution in [3.05, 3.63) is 72.3 Å². The fourth-order valence-electron chi connectivity index (χ4n) is 4.02. The van der Waals surface area contributed by atoms with Gasteiger partial charge in [-0.1, -0.05) is 6.07 Å². The first-order valence-electron chi connectivity index (χ1n) is 10.5. The van der Waals surface area contributed by atoms with Crippen LogP contribution in [0.15, 0.2) is 61.1 Å². The Hall–Kier alpha value is -3.11. The minimum absolute atomic E-state index is 0.185. The Morgan fingerprint density at radius 2 is 2.00 bits per heavy atom. The van der Waals surface area contributed by atoms with E-state index in [2.05, 4.69) is 51.9 Å². The number of pyridine rings is 1. The van der Waals surface area contributed by atoms with Gasteiger partial charge in [0.1, 0.15) is 5.75 Å². The van der Waals surface area contributed by atoms with E-state index in [1.165, 1.54) is 7.11 Å². The summed E-state index contributed by atoms with van der Waals surface area (Å²) >= 11 is 5.76. The second-order valence-electron chi connectivity index (χ2n) is 8.24. The average Bonchev–Trinajstić information content (AvgIpc) is 3.38. The first kappa shape index (κ1) is 23.1. The van der Waals surface area contributed by atoms with Crippen LogP contribution in [0.4, 0.5) is 11.4 Å². The Bertz CT molecular complexity index is 1260. The van der Waals surface area contributed by atoms with Crippen molar-refractivity contribution in [1.29, 1.82) is 0 Å². The number of thiocarbonyl (C=S) groups is 1. The van der Waals surface area contributed by atoms with Crippen molar-refractivity contribution in [2.75, 3.05) is 23.0 Å². The van der Waals surface area contributed by atoms with Crippen LogP contribution in [0.25, 0.3) is 0 Å². The second-order valence-corrected chi connectivity index (χ2v) is 10.4. The summed E-state index contributed by atoms with van der Waals surface area (Å²) in [4.78, 5) is 6.57. The number of rotatable bonds is 7. The molecule has 10 heteroatoms. The van der Waals surface area contributed by atoms with Gasteiger partial charge in [0, 0.05) is 30.3 Å². The number of nitrogens with one attached hydrogen (secondary N) is 2. The van der Waals surface area contributed by atoms with Crippen LogP contribution in [0.2, 0.25) is 0 Å². The monoisotopic (exact) mass is 485 g/mol. The Kier molecular flexibility index (Phi) is 6.31. The van der Waals surface area contributed by atoms with Crippen molar-refractivity contribution in [2.45, 2.75) is 32.0 Å². The minimum atomic E-state index is -3.50. The third kappa shape index (κ3) is 4.81. The van der Waals surface area contributed by atoms with Crippen LogP contribution < -0.4 is 19.7 Å².